The van der Waals surface area contributed by atoms with Gasteiger partial charge < -0.3 is 5.11 Å². The summed E-state index contributed by atoms with van der Waals surface area (Å²) in [6.45, 7) is 2.02. The predicted octanol–water partition coefficient (Wildman–Crippen LogP) is 0.902. The number of aliphatic hydroxyl groups excluding tert-OH is 1. The maximum absolute atomic E-state index is 11.0. The number of ketones is 1. The second-order valence-corrected chi connectivity index (χ2v) is 3.63. The van der Waals surface area contributed by atoms with Crippen LogP contribution in [0.15, 0.2) is 11.6 Å². The normalized spacial score (nSPS) is 42.5. The molecule has 0 aromatic heterocycles. The molecular weight excluding hydrogens is 140 g/mol. The highest BCUT2D eigenvalue weighted by atomic mass is 16.3. The quantitative estimate of drug-likeness (QED) is 0.560. The molecule has 2 aliphatic rings. The fraction of sp³-hybridized carbons (Fsp3) is 0.667. The van der Waals surface area contributed by atoms with Gasteiger partial charge in [-0.25, -0.2) is 0 Å². The molecule has 0 unspecified atom stereocenters. The largest absolute Gasteiger partial charge is 0.392 e. The molecule has 3 atom stereocenters. The van der Waals surface area contributed by atoms with E-state index < -0.39 is 0 Å². The van der Waals surface area contributed by atoms with E-state index >= 15 is 0 Å². The van der Waals surface area contributed by atoms with Crippen LogP contribution in [0.5, 0.6) is 0 Å². The van der Waals surface area contributed by atoms with Crippen molar-refractivity contribution in [2.24, 2.45) is 11.8 Å². The van der Waals surface area contributed by atoms with E-state index in [-0.39, 0.29) is 17.8 Å². The first kappa shape index (κ1) is 7.04. The maximum atomic E-state index is 11.0. The zero-order chi connectivity index (χ0) is 8.01. The molecule has 2 heteroatoms. The number of carbonyl (C=O) groups excluding carboxylic acids is 1. The Morgan fingerprint density at radius 2 is 2.27 bits per heavy atom. The lowest BCUT2D eigenvalue weighted by Crippen LogP contribution is -2.15. The van der Waals surface area contributed by atoms with Crippen molar-refractivity contribution in [1.29, 1.82) is 0 Å². The van der Waals surface area contributed by atoms with Crippen LogP contribution >= 0.6 is 0 Å². The van der Waals surface area contributed by atoms with Gasteiger partial charge in [-0.15, -0.1) is 0 Å². The molecular formula is C9H12O2. The molecule has 60 valence electrons. The van der Waals surface area contributed by atoms with Crippen LogP contribution in [0.25, 0.3) is 0 Å². The molecule has 2 nitrogen and oxygen atoms in total. The second-order valence-electron chi connectivity index (χ2n) is 3.63. The first-order chi connectivity index (χ1) is 5.18. The van der Waals surface area contributed by atoms with Crippen molar-refractivity contribution in [2.75, 3.05) is 0 Å². The van der Waals surface area contributed by atoms with Gasteiger partial charge in [0.2, 0.25) is 0 Å². The van der Waals surface area contributed by atoms with Crippen molar-refractivity contribution in [3.05, 3.63) is 11.6 Å². The minimum Gasteiger partial charge on any atom is -0.392 e. The lowest BCUT2D eigenvalue weighted by Gasteiger charge is -2.12. The van der Waals surface area contributed by atoms with Crippen molar-refractivity contribution in [3.8, 4) is 0 Å². The lowest BCUT2D eigenvalue weighted by molar-refractivity contribution is -0.114. The Hall–Kier alpha value is -0.630. The summed E-state index contributed by atoms with van der Waals surface area (Å²) in [5.74, 6) is 0.883. The minimum absolute atomic E-state index is 0.209. The van der Waals surface area contributed by atoms with Gasteiger partial charge in [-0.2, -0.15) is 0 Å². The van der Waals surface area contributed by atoms with Gasteiger partial charge in [0.25, 0.3) is 0 Å². The van der Waals surface area contributed by atoms with E-state index in [2.05, 4.69) is 0 Å². The van der Waals surface area contributed by atoms with Gasteiger partial charge in [0.05, 0.1) is 6.10 Å². The monoisotopic (exact) mass is 152 g/mol. The average Bonchev–Trinajstić information content (AvgIpc) is 2.37. The van der Waals surface area contributed by atoms with Crippen molar-refractivity contribution in [3.63, 3.8) is 0 Å². The topological polar surface area (TPSA) is 37.3 Å². The molecule has 1 N–H and O–H groups in total. The molecule has 0 amide bonds. The number of hydrogen-bond acceptors (Lipinski definition) is 2. The van der Waals surface area contributed by atoms with Crippen LogP contribution in [0.3, 0.4) is 0 Å². The van der Waals surface area contributed by atoms with E-state index in [1.54, 1.807) is 6.08 Å². The summed E-state index contributed by atoms with van der Waals surface area (Å²) in [5, 5.41) is 9.44. The number of allylic oxidation sites excluding steroid dienone is 1. The van der Waals surface area contributed by atoms with Gasteiger partial charge in [0.1, 0.15) is 0 Å². The van der Waals surface area contributed by atoms with E-state index in [1.807, 2.05) is 6.92 Å². The molecule has 2 aliphatic carbocycles. The van der Waals surface area contributed by atoms with Crippen LogP contribution in [0.4, 0.5) is 0 Å². The molecule has 0 aromatic carbocycles. The van der Waals surface area contributed by atoms with Crippen LogP contribution in [0.1, 0.15) is 19.8 Å². The summed E-state index contributed by atoms with van der Waals surface area (Å²) >= 11 is 0. The molecule has 0 spiro atoms. The summed E-state index contributed by atoms with van der Waals surface area (Å²) in [6, 6.07) is 0. The Labute approximate surface area is 65.9 Å². The molecule has 11 heavy (non-hydrogen) atoms. The average molecular weight is 152 g/mol. The van der Waals surface area contributed by atoms with Crippen molar-refractivity contribution >= 4 is 5.78 Å². The smallest absolute Gasteiger partial charge is 0.156 e. The van der Waals surface area contributed by atoms with Crippen LogP contribution in [-0.2, 0) is 4.79 Å². The Bertz CT molecular complexity index is 230. The number of carbonyl (C=O) groups is 1. The molecule has 0 radical (unpaired) electrons. The van der Waals surface area contributed by atoms with Gasteiger partial charge in [0.15, 0.2) is 5.78 Å². The lowest BCUT2D eigenvalue weighted by atomic mass is 9.94. The summed E-state index contributed by atoms with van der Waals surface area (Å²) < 4.78 is 0. The SMILES string of the molecule is C[C@H]1[C@@H]2CC(=O)C=C2C[C@@H]1O. The Morgan fingerprint density at radius 1 is 1.55 bits per heavy atom. The Kier molecular flexibility index (Phi) is 1.39. The third-order valence-electron chi connectivity index (χ3n) is 2.93. The summed E-state index contributed by atoms with van der Waals surface area (Å²) in [4.78, 5) is 11.0. The first-order valence-corrected chi connectivity index (χ1v) is 4.10. The molecule has 0 aliphatic heterocycles. The van der Waals surface area contributed by atoms with Gasteiger partial charge in [0, 0.05) is 6.42 Å². The highest BCUT2D eigenvalue weighted by Crippen LogP contribution is 2.42. The Morgan fingerprint density at radius 3 is 2.91 bits per heavy atom. The third-order valence-corrected chi connectivity index (χ3v) is 2.93. The number of fused-ring (bicyclic) bond motifs is 1. The van der Waals surface area contributed by atoms with Gasteiger partial charge >= 0.3 is 0 Å². The number of aliphatic hydroxyl groups is 1. The number of hydrogen-bond donors (Lipinski definition) is 1. The van der Waals surface area contributed by atoms with Crippen molar-refractivity contribution < 1.29 is 9.90 Å². The second kappa shape index (κ2) is 2.18. The molecule has 1 fully saturated rings. The highest BCUT2D eigenvalue weighted by molar-refractivity contribution is 5.93. The van der Waals surface area contributed by atoms with Gasteiger partial charge in [-0.3, -0.25) is 4.79 Å². The highest BCUT2D eigenvalue weighted by Gasteiger charge is 2.39. The summed E-state index contributed by atoms with van der Waals surface area (Å²) in [6.07, 6.45) is 2.86. The van der Waals surface area contributed by atoms with Crippen LogP contribution < -0.4 is 0 Å². The number of rotatable bonds is 0. The van der Waals surface area contributed by atoms with E-state index in [0.29, 0.717) is 12.3 Å². The molecule has 0 aromatic rings. The van der Waals surface area contributed by atoms with E-state index in [0.717, 1.165) is 6.42 Å². The maximum Gasteiger partial charge on any atom is 0.156 e. The van der Waals surface area contributed by atoms with E-state index in [4.69, 9.17) is 0 Å². The minimum atomic E-state index is -0.209. The van der Waals surface area contributed by atoms with Crippen molar-refractivity contribution in [2.45, 2.75) is 25.9 Å². The van der Waals surface area contributed by atoms with E-state index in [1.165, 1.54) is 5.57 Å². The summed E-state index contributed by atoms with van der Waals surface area (Å²) in [5.41, 5.74) is 1.18. The standard InChI is InChI=1S/C9H12O2/c1-5-8-4-7(10)2-6(8)3-9(5)11/h2,5,8-9,11H,3-4H2,1H3/t5-,8-,9-/m0/s1. The van der Waals surface area contributed by atoms with E-state index in [9.17, 15) is 9.90 Å². The summed E-state index contributed by atoms with van der Waals surface area (Å²) in [7, 11) is 0. The fourth-order valence-electron chi connectivity index (χ4n) is 2.15. The van der Waals surface area contributed by atoms with Gasteiger partial charge in [-0.1, -0.05) is 12.5 Å². The Balaban J connectivity index is 2.26. The van der Waals surface area contributed by atoms with Crippen molar-refractivity contribution in [1.82, 2.24) is 0 Å². The van der Waals surface area contributed by atoms with Crippen LogP contribution in [0.2, 0.25) is 0 Å². The molecule has 0 saturated heterocycles. The first-order valence-electron chi connectivity index (χ1n) is 4.10. The third kappa shape index (κ3) is 0.932. The molecule has 1 saturated carbocycles. The molecule has 0 heterocycles. The van der Waals surface area contributed by atoms with Crippen LogP contribution in [0, 0.1) is 11.8 Å². The molecule has 2 rings (SSSR count). The predicted molar refractivity (Wildman–Crippen MR) is 41.0 cm³/mol. The zero-order valence-corrected chi connectivity index (χ0v) is 6.58. The van der Waals surface area contributed by atoms with Gasteiger partial charge in [-0.05, 0) is 24.3 Å². The van der Waals surface area contributed by atoms with Crippen LogP contribution in [-0.4, -0.2) is 17.0 Å². The zero-order valence-electron chi connectivity index (χ0n) is 6.58. The fourth-order valence-corrected chi connectivity index (χ4v) is 2.15. The molecule has 0 bridgehead atoms.